The fourth-order valence-electron chi connectivity index (χ4n) is 1.67. The maximum absolute atomic E-state index is 2.24. The van der Waals surface area contributed by atoms with Crippen molar-refractivity contribution in [2.24, 2.45) is 0 Å². The van der Waals surface area contributed by atoms with Crippen molar-refractivity contribution >= 4 is 0 Å². The number of rotatable bonds is 2. The van der Waals surface area contributed by atoms with Gasteiger partial charge in [0.15, 0.2) is 0 Å². The second-order valence-electron chi connectivity index (χ2n) is 3.48. The Morgan fingerprint density at radius 1 is 0.769 bits per heavy atom. The van der Waals surface area contributed by atoms with E-state index in [2.05, 4.69) is 48.6 Å². The molecule has 0 aliphatic heterocycles. The molecule has 0 aromatic carbocycles. The molecule has 2 radical (unpaired) electrons. The molecule has 0 saturated carbocycles. The summed E-state index contributed by atoms with van der Waals surface area (Å²) in [7, 11) is 0. The maximum atomic E-state index is 2.24. The van der Waals surface area contributed by atoms with Gasteiger partial charge in [0, 0.05) is 11.8 Å². The minimum absolute atomic E-state index is 1.12. The summed E-state index contributed by atoms with van der Waals surface area (Å²) in [4.78, 5) is 0. The lowest BCUT2D eigenvalue weighted by Gasteiger charge is -2.18. The number of allylic oxidation sites excluding steroid dienone is 8. The highest BCUT2D eigenvalue weighted by Gasteiger charge is 2.13. The standard InChI is InChI=1S/C13H14/c1-3-7-12(8-4-1)11-13-9-5-2-6-10-13/h1-7,9H,8,10-11H2. The number of hydrogen-bond donors (Lipinski definition) is 0. The molecule has 0 aromatic rings. The van der Waals surface area contributed by atoms with Gasteiger partial charge in [-0.05, 0) is 19.3 Å². The summed E-state index contributed by atoms with van der Waals surface area (Å²) in [5.41, 5.74) is 0. The van der Waals surface area contributed by atoms with Crippen molar-refractivity contribution in [2.75, 3.05) is 0 Å². The lowest BCUT2D eigenvalue weighted by Crippen LogP contribution is -2.03. The Bertz CT molecular complexity index is 238. The van der Waals surface area contributed by atoms with Gasteiger partial charge in [0.25, 0.3) is 0 Å². The first-order chi connectivity index (χ1) is 6.45. The fraction of sp³-hybridized carbons (Fsp3) is 0.231. The van der Waals surface area contributed by atoms with Crippen LogP contribution in [0.3, 0.4) is 0 Å². The van der Waals surface area contributed by atoms with Crippen LogP contribution in [0.2, 0.25) is 0 Å². The normalized spacial score (nSPS) is 22.8. The largest absolute Gasteiger partial charge is 0.0837 e. The summed E-state index contributed by atoms with van der Waals surface area (Å²) in [5.74, 6) is 3.05. The van der Waals surface area contributed by atoms with Gasteiger partial charge in [-0.1, -0.05) is 48.6 Å². The van der Waals surface area contributed by atoms with Gasteiger partial charge in [0.05, 0.1) is 0 Å². The van der Waals surface area contributed by atoms with E-state index in [1.807, 2.05) is 0 Å². The van der Waals surface area contributed by atoms with E-state index in [0.717, 1.165) is 19.3 Å². The first kappa shape index (κ1) is 8.55. The average molecular weight is 170 g/mol. The van der Waals surface area contributed by atoms with Crippen LogP contribution < -0.4 is 0 Å². The Morgan fingerprint density at radius 2 is 1.31 bits per heavy atom. The van der Waals surface area contributed by atoms with Gasteiger partial charge in [0.2, 0.25) is 0 Å². The van der Waals surface area contributed by atoms with E-state index < -0.39 is 0 Å². The highest BCUT2D eigenvalue weighted by Crippen LogP contribution is 2.28. The Morgan fingerprint density at radius 3 is 1.69 bits per heavy atom. The van der Waals surface area contributed by atoms with Gasteiger partial charge in [-0.25, -0.2) is 0 Å². The molecule has 0 atom stereocenters. The fourth-order valence-corrected chi connectivity index (χ4v) is 1.67. The van der Waals surface area contributed by atoms with Crippen LogP contribution in [0, 0.1) is 11.8 Å². The van der Waals surface area contributed by atoms with E-state index in [-0.39, 0.29) is 0 Å². The summed E-state index contributed by atoms with van der Waals surface area (Å²) in [5, 5.41) is 0. The molecular formula is C13H14. The molecule has 0 unspecified atom stereocenters. The Balaban J connectivity index is 1.84. The third-order valence-electron chi connectivity index (χ3n) is 2.37. The van der Waals surface area contributed by atoms with Crippen LogP contribution in [0.5, 0.6) is 0 Å². The molecule has 0 heterocycles. The van der Waals surface area contributed by atoms with Gasteiger partial charge in [-0.15, -0.1) is 0 Å². The molecule has 0 heteroatoms. The monoisotopic (exact) mass is 170 g/mol. The molecule has 2 aliphatic carbocycles. The second-order valence-corrected chi connectivity index (χ2v) is 3.48. The highest BCUT2D eigenvalue weighted by atomic mass is 14.2. The van der Waals surface area contributed by atoms with E-state index in [1.54, 1.807) is 0 Å². The molecule has 2 rings (SSSR count). The topological polar surface area (TPSA) is 0 Å². The zero-order valence-electron chi connectivity index (χ0n) is 7.74. The van der Waals surface area contributed by atoms with Gasteiger partial charge in [0.1, 0.15) is 0 Å². The first-order valence-electron chi connectivity index (χ1n) is 4.81. The zero-order valence-corrected chi connectivity index (χ0v) is 7.74. The Hall–Kier alpha value is -1.04. The predicted octanol–water partition coefficient (Wildman–Crippen LogP) is 3.56. The summed E-state index contributed by atoms with van der Waals surface area (Å²) in [6, 6.07) is 0. The summed E-state index contributed by atoms with van der Waals surface area (Å²) in [6.45, 7) is 0. The van der Waals surface area contributed by atoms with Gasteiger partial charge in [-0.2, -0.15) is 0 Å². The van der Waals surface area contributed by atoms with E-state index in [0.29, 0.717) is 0 Å². The molecule has 0 spiro atoms. The SMILES string of the molecule is C1=CC[C](C[C]2C=CC=CC2)C=C1. The predicted molar refractivity (Wildman–Crippen MR) is 56.9 cm³/mol. The third-order valence-corrected chi connectivity index (χ3v) is 2.37. The van der Waals surface area contributed by atoms with Crippen molar-refractivity contribution in [1.29, 1.82) is 0 Å². The van der Waals surface area contributed by atoms with Gasteiger partial charge >= 0.3 is 0 Å². The average Bonchev–Trinajstić information content (AvgIpc) is 2.21. The molecule has 0 amide bonds. The van der Waals surface area contributed by atoms with Crippen LogP contribution in [0.15, 0.2) is 48.6 Å². The van der Waals surface area contributed by atoms with Crippen LogP contribution in [0.25, 0.3) is 0 Å². The lowest BCUT2D eigenvalue weighted by molar-refractivity contribution is 0.832. The molecule has 0 nitrogen and oxygen atoms in total. The van der Waals surface area contributed by atoms with Gasteiger partial charge < -0.3 is 0 Å². The van der Waals surface area contributed by atoms with Crippen molar-refractivity contribution in [1.82, 2.24) is 0 Å². The molecule has 13 heavy (non-hydrogen) atoms. The molecule has 0 saturated heterocycles. The minimum atomic E-state index is 1.12. The van der Waals surface area contributed by atoms with Crippen LogP contribution >= 0.6 is 0 Å². The maximum Gasteiger partial charge on any atom is 0.00224 e. The highest BCUT2D eigenvalue weighted by molar-refractivity contribution is 5.31. The molecule has 0 fully saturated rings. The van der Waals surface area contributed by atoms with Crippen LogP contribution in [0.1, 0.15) is 19.3 Å². The Kier molecular flexibility index (Phi) is 2.81. The lowest BCUT2D eigenvalue weighted by atomic mass is 9.86. The molecule has 66 valence electrons. The second kappa shape index (κ2) is 4.27. The molecule has 0 aromatic heterocycles. The van der Waals surface area contributed by atoms with Crippen molar-refractivity contribution < 1.29 is 0 Å². The minimum Gasteiger partial charge on any atom is -0.0837 e. The Labute approximate surface area is 80.3 Å². The van der Waals surface area contributed by atoms with E-state index in [4.69, 9.17) is 0 Å². The molecule has 0 N–H and O–H groups in total. The quantitative estimate of drug-likeness (QED) is 0.594. The summed E-state index contributed by atoms with van der Waals surface area (Å²) < 4.78 is 0. The van der Waals surface area contributed by atoms with Crippen LogP contribution in [0.4, 0.5) is 0 Å². The van der Waals surface area contributed by atoms with Crippen LogP contribution in [-0.2, 0) is 0 Å². The van der Waals surface area contributed by atoms with Gasteiger partial charge in [-0.3, -0.25) is 0 Å². The van der Waals surface area contributed by atoms with Crippen molar-refractivity contribution in [3.8, 4) is 0 Å². The van der Waals surface area contributed by atoms with E-state index in [1.165, 1.54) is 11.8 Å². The van der Waals surface area contributed by atoms with E-state index in [9.17, 15) is 0 Å². The zero-order chi connectivity index (χ0) is 8.93. The smallest absolute Gasteiger partial charge is 0.00224 e. The molecule has 2 aliphatic rings. The number of hydrogen-bond acceptors (Lipinski definition) is 0. The van der Waals surface area contributed by atoms with Crippen molar-refractivity contribution in [3.63, 3.8) is 0 Å². The van der Waals surface area contributed by atoms with Crippen molar-refractivity contribution in [3.05, 3.63) is 60.4 Å². The summed E-state index contributed by atoms with van der Waals surface area (Å²) >= 11 is 0. The summed E-state index contributed by atoms with van der Waals surface area (Å²) in [6.07, 6.45) is 20.8. The molecular weight excluding hydrogens is 156 g/mol. The van der Waals surface area contributed by atoms with Crippen LogP contribution in [-0.4, -0.2) is 0 Å². The first-order valence-corrected chi connectivity index (χ1v) is 4.81. The third kappa shape index (κ3) is 2.45. The van der Waals surface area contributed by atoms with E-state index >= 15 is 0 Å². The van der Waals surface area contributed by atoms with Crippen molar-refractivity contribution in [2.45, 2.75) is 19.3 Å². The molecule has 0 bridgehead atoms.